The van der Waals surface area contributed by atoms with Gasteiger partial charge in [0, 0.05) is 12.1 Å². The fourth-order valence-corrected chi connectivity index (χ4v) is 3.47. The molecule has 1 aromatic rings. The lowest BCUT2D eigenvalue weighted by Crippen LogP contribution is -2.57. The van der Waals surface area contributed by atoms with E-state index in [1.54, 1.807) is 12.1 Å². The minimum atomic E-state index is -1.18. The largest absolute Gasteiger partial charge is 0.480 e. The van der Waals surface area contributed by atoms with Crippen LogP contribution in [0.1, 0.15) is 48.0 Å². The zero-order chi connectivity index (χ0) is 16.4. The summed E-state index contributed by atoms with van der Waals surface area (Å²) in [6, 6.07) is 7.26. The van der Waals surface area contributed by atoms with E-state index in [0.717, 1.165) is 24.8 Å². The number of rotatable bonds is 4. The first kappa shape index (κ1) is 15.5. The standard InChI is InChI=1S/C17H20N2O4/c20-14(18-17(16(22)23)8-4-1-5-9-17)11-19-10-12-6-2-3-7-13(12)15(19)21/h2-3,6-7H,1,4-5,8-11H2,(H,18,20)(H,22,23). The van der Waals surface area contributed by atoms with E-state index in [4.69, 9.17) is 0 Å². The van der Waals surface area contributed by atoms with Crippen molar-refractivity contribution >= 4 is 17.8 Å². The Morgan fingerprint density at radius 1 is 1.17 bits per heavy atom. The van der Waals surface area contributed by atoms with Gasteiger partial charge in [0.15, 0.2) is 0 Å². The van der Waals surface area contributed by atoms with Crippen LogP contribution in [0.5, 0.6) is 0 Å². The third kappa shape index (κ3) is 2.93. The molecule has 1 aliphatic heterocycles. The van der Waals surface area contributed by atoms with Crippen LogP contribution in [0.3, 0.4) is 0 Å². The maximum Gasteiger partial charge on any atom is 0.329 e. The number of amides is 2. The van der Waals surface area contributed by atoms with Crippen molar-refractivity contribution in [2.45, 2.75) is 44.2 Å². The monoisotopic (exact) mass is 316 g/mol. The topological polar surface area (TPSA) is 86.7 Å². The van der Waals surface area contributed by atoms with Gasteiger partial charge in [-0.2, -0.15) is 0 Å². The average molecular weight is 316 g/mol. The maximum absolute atomic E-state index is 12.3. The summed E-state index contributed by atoms with van der Waals surface area (Å²) in [7, 11) is 0. The Kier molecular flexibility index (Phi) is 4.07. The van der Waals surface area contributed by atoms with Gasteiger partial charge < -0.3 is 15.3 Å². The summed E-state index contributed by atoms with van der Waals surface area (Å²) in [5.41, 5.74) is 0.340. The van der Waals surface area contributed by atoms with Gasteiger partial charge in [-0.25, -0.2) is 4.79 Å². The van der Waals surface area contributed by atoms with Gasteiger partial charge >= 0.3 is 5.97 Å². The van der Waals surface area contributed by atoms with Crippen LogP contribution in [0.25, 0.3) is 0 Å². The molecule has 1 fully saturated rings. The van der Waals surface area contributed by atoms with Crippen molar-refractivity contribution in [1.82, 2.24) is 10.2 Å². The number of benzene rings is 1. The Labute approximate surface area is 134 Å². The Hall–Kier alpha value is -2.37. The molecule has 2 aliphatic rings. The van der Waals surface area contributed by atoms with Crippen LogP contribution >= 0.6 is 0 Å². The maximum atomic E-state index is 12.3. The summed E-state index contributed by atoms with van der Waals surface area (Å²) in [6.07, 6.45) is 3.47. The van der Waals surface area contributed by atoms with E-state index in [1.165, 1.54) is 4.90 Å². The van der Waals surface area contributed by atoms with Crippen LogP contribution in [0, 0.1) is 0 Å². The molecule has 1 saturated carbocycles. The van der Waals surface area contributed by atoms with Crippen LogP contribution < -0.4 is 5.32 Å². The predicted octanol–water partition coefficient (Wildman–Crippen LogP) is 1.55. The zero-order valence-corrected chi connectivity index (χ0v) is 12.9. The number of carboxylic acid groups (broad SMARTS) is 1. The Morgan fingerprint density at radius 2 is 1.87 bits per heavy atom. The second-order valence-electron chi connectivity index (χ2n) is 6.31. The molecule has 3 rings (SSSR count). The lowest BCUT2D eigenvalue weighted by molar-refractivity contribution is -0.149. The van der Waals surface area contributed by atoms with E-state index in [0.29, 0.717) is 24.9 Å². The third-order valence-corrected chi connectivity index (χ3v) is 4.73. The molecule has 0 bridgehead atoms. The van der Waals surface area contributed by atoms with E-state index in [-0.39, 0.29) is 12.5 Å². The molecule has 0 radical (unpaired) electrons. The highest BCUT2D eigenvalue weighted by Crippen LogP contribution is 2.29. The van der Waals surface area contributed by atoms with Crippen LogP contribution in [0.4, 0.5) is 0 Å². The number of carboxylic acids is 1. The van der Waals surface area contributed by atoms with E-state index in [2.05, 4.69) is 5.32 Å². The molecule has 0 saturated heterocycles. The van der Waals surface area contributed by atoms with Crippen molar-refractivity contribution in [3.63, 3.8) is 0 Å². The molecule has 2 N–H and O–H groups in total. The first-order chi connectivity index (χ1) is 11.0. The van der Waals surface area contributed by atoms with Gasteiger partial charge in [0.1, 0.15) is 12.1 Å². The highest BCUT2D eigenvalue weighted by atomic mass is 16.4. The molecule has 2 amide bonds. The molecular formula is C17H20N2O4. The van der Waals surface area contributed by atoms with Crippen molar-refractivity contribution in [2.75, 3.05) is 6.54 Å². The van der Waals surface area contributed by atoms with Crippen molar-refractivity contribution in [3.05, 3.63) is 35.4 Å². The number of fused-ring (bicyclic) bond motifs is 1. The number of aliphatic carboxylic acids is 1. The lowest BCUT2D eigenvalue weighted by atomic mass is 9.81. The van der Waals surface area contributed by atoms with Gasteiger partial charge in [-0.15, -0.1) is 0 Å². The van der Waals surface area contributed by atoms with E-state index in [9.17, 15) is 19.5 Å². The van der Waals surface area contributed by atoms with E-state index >= 15 is 0 Å². The fourth-order valence-electron chi connectivity index (χ4n) is 3.47. The van der Waals surface area contributed by atoms with Gasteiger partial charge in [-0.3, -0.25) is 9.59 Å². The van der Waals surface area contributed by atoms with Gasteiger partial charge in [-0.05, 0) is 24.5 Å². The minimum Gasteiger partial charge on any atom is -0.480 e. The molecule has 122 valence electrons. The normalized spacial score (nSPS) is 19.3. The van der Waals surface area contributed by atoms with Gasteiger partial charge in [-0.1, -0.05) is 37.5 Å². The third-order valence-electron chi connectivity index (χ3n) is 4.73. The quantitative estimate of drug-likeness (QED) is 0.882. The lowest BCUT2D eigenvalue weighted by Gasteiger charge is -2.34. The Morgan fingerprint density at radius 3 is 2.52 bits per heavy atom. The fraction of sp³-hybridized carbons (Fsp3) is 0.471. The zero-order valence-electron chi connectivity index (χ0n) is 12.9. The summed E-state index contributed by atoms with van der Waals surface area (Å²) < 4.78 is 0. The molecule has 23 heavy (non-hydrogen) atoms. The van der Waals surface area contributed by atoms with Crippen LogP contribution in [-0.4, -0.2) is 39.9 Å². The number of hydrogen-bond acceptors (Lipinski definition) is 3. The molecule has 6 nitrogen and oxygen atoms in total. The van der Waals surface area contributed by atoms with Crippen molar-refractivity contribution < 1.29 is 19.5 Å². The molecule has 1 aliphatic carbocycles. The average Bonchev–Trinajstić information content (AvgIpc) is 2.84. The molecule has 0 spiro atoms. The molecule has 1 heterocycles. The number of hydrogen-bond donors (Lipinski definition) is 2. The van der Waals surface area contributed by atoms with E-state index < -0.39 is 17.4 Å². The van der Waals surface area contributed by atoms with Gasteiger partial charge in [0.2, 0.25) is 5.91 Å². The molecular weight excluding hydrogens is 296 g/mol. The smallest absolute Gasteiger partial charge is 0.329 e. The van der Waals surface area contributed by atoms with Gasteiger partial charge in [0.05, 0.1) is 0 Å². The number of carbonyl (C=O) groups is 3. The number of nitrogens with zero attached hydrogens (tertiary/aromatic N) is 1. The highest BCUT2D eigenvalue weighted by molar-refractivity contribution is 6.00. The molecule has 1 aromatic carbocycles. The van der Waals surface area contributed by atoms with Crippen molar-refractivity contribution in [3.8, 4) is 0 Å². The first-order valence-electron chi connectivity index (χ1n) is 7.93. The molecule has 0 atom stereocenters. The number of nitrogens with one attached hydrogen (secondary N) is 1. The van der Waals surface area contributed by atoms with Crippen LogP contribution in [-0.2, 0) is 16.1 Å². The SMILES string of the molecule is O=C(CN1Cc2ccccc2C1=O)NC1(C(=O)O)CCCCC1. The minimum absolute atomic E-state index is 0.109. The summed E-state index contributed by atoms with van der Waals surface area (Å²) >= 11 is 0. The number of carbonyl (C=O) groups excluding carboxylic acids is 2. The molecule has 0 unspecified atom stereocenters. The molecule has 0 aromatic heterocycles. The van der Waals surface area contributed by atoms with Crippen molar-refractivity contribution in [2.24, 2.45) is 0 Å². The summed E-state index contributed by atoms with van der Waals surface area (Å²) in [6.45, 7) is 0.283. The second kappa shape index (κ2) is 6.02. The first-order valence-corrected chi connectivity index (χ1v) is 7.93. The van der Waals surface area contributed by atoms with E-state index in [1.807, 2.05) is 12.1 Å². The van der Waals surface area contributed by atoms with Crippen LogP contribution in [0.15, 0.2) is 24.3 Å². The Bertz CT molecular complexity index is 650. The van der Waals surface area contributed by atoms with Crippen LogP contribution in [0.2, 0.25) is 0 Å². The Balaban J connectivity index is 1.66. The second-order valence-corrected chi connectivity index (χ2v) is 6.31. The molecule has 6 heteroatoms. The summed E-state index contributed by atoms with van der Waals surface area (Å²) in [4.78, 5) is 37.6. The van der Waals surface area contributed by atoms with Crippen molar-refractivity contribution in [1.29, 1.82) is 0 Å². The summed E-state index contributed by atoms with van der Waals surface area (Å²) in [5.74, 6) is -1.57. The highest BCUT2D eigenvalue weighted by Gasteiger charge is 2.41. The summed E-state index contributed by atoms with van der Waals surface area (Å²) in [5, 5.41) is 12.2. The predicted molar refractivity (Wildman–Crippen MR) is 82.8 cm³/mol. The van der Waals surface area contributed by atoms with Gasteiger partial charge in [0.25, 0.3) is 5.91 Å².